The third-order valence-corrected chi connectivity index (χ3v) is 8.21. The molecule has 4 rings (SSSR count). The Kier molecular flexibility index (Phi) is 11.7. The Morgan fingerprint density at radius 1 is 0.976 bits per heavy atom. The van der Waals surface area contributed by atoms with Gasteiger partial charge in [0.1, 0.15) is 11.6 Å². The smallest absolute Gasteiger partial charge is 0.124 e. The molecule has 0 atom stereocenters. The van der Waals surface area contributed by atoms with Crippen molar-refractivity contribution < 1.29 is 4.74 Å². The summed E-state index contributed by atoms with van der Waals surface area (Å²) < 4.78 is 8.60. The molecule has 0 saturated heterocycles. The predicted molar refractivity (Wildman–Crippen MR) is 174 cm³/mol. The van der Waals surface area contributed by atoms with Gasteiger partial charge in [-0.2, -0.15) is 0 Å². The van der Waals surface area contributed by atoms with Gasteiger partial charge in [0, 0.05) is 40.9 Å². The van der Waals surface area contributed by atoms with Crippen molar-refractivity contribution in [2.75, 3.05) is 6.61 Å². The van der Waals surface area contributed by atoms with E-state index in [2.05, 4.69) is 78.8 Å². The van der Waals surface area contributed by atoms with Crippen LogP contribution in [0.3, 0.4) is 0 Å². The fraction of sp³-hybridized carbons (Fsp3) is 0.400. The third-order valence-electron chi connectivity index (χ3n) is 7.62. The summed E-state index contributed by atoms with van der Waals surface area (Å²) in [4.78, 5) is 7.68. The van der Waals surface area contributed by atoms with Crippen LogP contribution in [-0.2, 0) is 32.6 Å². The number of ether oxygens (including phenoxy) is 1. The topological polar surface area (TPSA) is 30.3 Å². The van der Waals surface area contributed by atoms with Gasteiger partial charge >= 0.3 is 0 Å². The first-order chi connectivity index (χ1) is 19.9. The van der Waals surface area contributed by atoms with Gasteiger partial charge in [-0.15, -0.1) is 0 Å². The summed E-state index contributed by atoms with van der Waals surface area (Å²) in [6.07, 6.45) is 9.84. The molecule has 1 aromatic heterocycles. The zero-order valence-electron chi connectivity index (χ0n) is 24.9. The zero-order valence-corrected chi connectivity index (χ0v) is 26.4. The summed E-state index contributed by atoms with van der Waals surface area (Å²) in [6, 6.07) is 18.6. The van der Waals surface area contributed by atoms with Crippen molar-refractivity contribution in [3.8, 4) is 5.75 Å². The van der Waals surface area contributed by atoms with Crippen LogP contribution in [0.15, 0.2) is 66.7 Å². The molecule has 0 saturated carbocycles. The second kappa shape index (κ2) is 15.4. The van der Waals surface area contributed by atoms with Crippen LogP contribution in [0.1, 0.15) is 74.8 Å². The first kappa shape index (κ1) is 31.2. The lowest BCUT2D eigenvalue weighted by Crippen LogP contribution is -2.25. The molecule has 0 bridgehead atoms. The number of rotatable bonds is 15. The number of hydrogen-bond donors (Lipinski definition) is 0. The summed E-state index contributed by atoms with van der Waals surface area (Å²) in [5.41, 5.74) is 4.71. The number of fused-ring (bicyclic) bond motifs is 1. The predicted octanol–water partition coefficient (Wildman–Crippen LogP) is 9.95. The van der Waals surface area contributed by atoms with E-state index in [9.17, 15) is 0 Å². The van der Waals surface area contributed by atoms with Crippen LogP contribution in [0.25, 0.3) is 10.8 Å². The summed E-state index contributed by atoms with van der Waals surface area (Å²) in [5.74, 6) is 2.03. The highest BCUT2D eigenvalue weighted by atomic mass is 35.5. The van der Waals surface area contributed by atoms with Crippen molar-refractivity contribution >= 4 is 34.0 Å². The molecule has 3 aromatic carbocycles. The Hall–Kier alpha value is -2.79. The van der Waals surface area contributed by atoms with Gasteiger partial charge < -0.3 is 9.30 Å². The highest BCUT2D eigenvalue weighted by Gasteiger charge is 2.20. The van der Waals surface area contributed by atoms with Gasteiger partial charge in [0.05, 0.1) is 18.8 Å². The fourth-order valence-electron chi connectivity index (χ4n) is 5.46. The molecule has 0 radical (unpaired) electrons. The van der Waals surface area contributed by atoms with Crippen molar-refractivity contribution in [2.24, 2.45) is 0 Å². The standard InChI is InChI=1S/C35H43Cl2N3O/c1-5-8-10-16-33-26(4)40(21-13-9-6-2)35(38-33)25-39(23-28-17-19-29(36)22-32(28)37)24-31-30-15-12-11-14-27(30)18-20-34(31)41-7-3/h5,8,11-12,14-15,17-20,22H,6-7,9-10,13,16,21,23-25H2,1-4H3/b8-5-. The van der Waals surface area contributed by atoms with Crippen LogP contribution in [-0.4, -0.2) is 21.1 Å². The van der Waals surface area contributed by atoms with Crippen LogP contribution >= 0.6 is 23.2 Å². The lowest BCUT2D eigenvalue weighted by atomic mass is 10.0. The van der Waals surface area contributed by atoms with Gasteiger partial charge in [-0.1, -0.05) is 91.5 Å². The Morgan fingerprint density at radius 2 is 1.80 bits per heavy atom. The quantitative estimate of drug-likeness (QED) is 0.102. The highest BCUT2D eigenvalue weighted by molar-refractivity contribution is 6.35. The highest BCUT2D eigenvalue weighted by Crippen LogP contribution is 2.32. The molecule has 4 nitrogen and oxygen atoms in total. The van der Waals surface area contributed by atoms with Crippen molar-refractivity contribution in [3.05, 3.63) is 105 Å². The lowest BCUT2D eigenvalue weighted by molar-refractivity contribution is 0.232. The Labute approximate surface area is 255 Å². The molecule has 0 amide bonds. The summed E-state index contributed by atoms with van der Waals surface area (Å²) in [5, 5.41) is 3.74. The van der Waals surface area contributed by atoms with Gasteiger partial charge in [-0.25, -0.2) is 4.98 Å². The van der Waals surface area contributed by atoms with E-state index in [0.29, 0.717) is 36.3 Å². The fourth-order valence-corrected chi connectivity index (χ4v) is 5.93. The van der Waals surface area contributed by atoms with Crippen LogP contribution < -0.4 is 4.74 Å². The van der Waals surface area contributed by atoms with E-state index < -0.39 is 0 Å². The molecule has 6 heteroatoms. The second-order valence-corrected chi connectivity index (χ2v) is 11.4. The van der Waals surface area contributed by atoms with Crippen LogP contribution in [0.4, 0.5) is 0 Å². The number of aryl methyl sites for hydroxylation is 1. The van der Waals surface area contributed by atoms with Crippen molar-refractivity contribution in [2.45, 2.75) is 86.0 Å². The largest absolute Gasteiger partial charge is 0.494 e. The number of aromatic nitrogens is 2. The van der Waals surface area contributed by atoms with Gasteiger partial charge in [0.15, 0.2) is 0 Å². The number of nitrogens with zero attached hydrogens (tertiary/aromatic N) is 3. The minimum absolute atomic E-state index is 0.616. The number of halogens is 2. The van der Waals surface area contributed by atoms with E-state index in [1.54, 1.807) is 0 Å². The van der Waals surface area contributed by atoms with E-state index in [1.165, 1.54) is 40.6 Å². The van der Waals surface area contributed by atoms with Crippen molar-refractivity contribution in [1.29, 1.82) is 0 Å². The maximum Gasteiger partial charge on any atom is 0.124 e. The van der Waals surface area contributed by atoms with E-state index in [1.807, 2.05) is 25.1 Å². The van der Waals surface area contributed by atoms with Crippen LogP contribution in [0, 0.1) is 6.92 Å². The first-order valence-corrected chi connectivity index (χ1v) is 15.7. The second-order valence-electron chi connectivity index (χ2n) is 10.6. The number of imidazole rings is 1. The summed E-state index contributed by atoms with van der Waals surface area (Å²) in [6.45, 7) is 12.3. The van der Waals surface area contributed by atoms with Crippen molar-refractivity contribution in [3.63, 3.8) is 0 Å². The molecule has 0 N–H and O–H groups in total. The van der Waals surface area contributed by atoms with Crippen LogP contribution in [0.5, 0.6) is 5.75 Å². The third kappa shape index (κ3) is 8.16. The Bertz CT molecular complexity index is 1460. The average molecular weight is 593 g/mol. The molecule has 0 aliphatic carbocycles. The zero-order chi connectivity index (χ0) is 29.2. The molecule has 0 spiro atoms. The number of benzene rings is 3. The molecular weight excluding hydrogens is 549 g/mol. The van der Waals surface area contributed by atoms with Gasteiger partial charge in [-0.3, -0.25) is 4.90 Å². The van der Waals surface area contributed by atoms with E-state index in [0.717, 1.165) is 42.9 Å². The maximum absolute atomic E-state index is 6.71. The van der Waals surface area contributed by atoms with Gasteiger partial charge in [-0.05, 0) is 74.6 Å². The maximum atomic E-state index is 6.71. The molecule has 0 aliphatic rings. The molecule has 218 valence electrons. The molecular formula is C35H43Cl2N3O. The molecule has 0 aliphatic heterocycles. The number of hydrogen-bond acceptors (Lipinski definition) is 3. The SMILES string of the molecule is C/C=C\CCc1nc(CN(Cc2ccc(Cl)cc2Cl)Cc2c(OCC)ccc3ccccc23)n(CCCCC)c1C. The lowest BCUT2D eigenvalue weighted by Gasteiger charge is -2.25. The monoisotopic (exact) mass is 591 g/mol. The van der Waals surface area contributed by atoms with E-state index >= 15 is 0 Å². The minimum Gasteiger partial charge on any atom is -0.494 e. The number of allylic oxidation sites excluding steroid dienone is 2. The Balaban J connectivity index is 1.75. The minimum atomic E-state index is 0.616. The summed E-state index contributed by atoms with van der Waals surface area (Å²) >= 11 is 13.0. The molecule has 0 unspecified atom stereocenters. The van der Waals surface area contributed by atoms with Gasteiger partial charge in [0.2, 0.25) is 0 Å². The molecule has 4 aromatic rings. The van der Waals surface area contributed by atoms with Crippen molar-refractivity contribution in [1.82, 2.24) is 14.5 Å². The van der Waals surface area contributed by atoms with Gasteiger partial charge in [0.25, 0.3) is 0 Å². The average Bonchev–Trinajstić information content (AvgIpc) is 3.25. The Morgan fingerprint density at radius 3 is 2.56 bits per heavy atom. The van der Waals surface area contributed by atoms with Crippen LogP contribution in [0.2, 0.25) is 10.0 Å². The van der Waals surface area contributed by atoms with E-state index in [4.69, 9.17) is 32.9 Å². The van der Waals surface area contributed by atoms with E-state index in [-0.39, 0.29) is 0 Å². The number of unbranched alkanes of at least 4 members (excludes halogenated alkanes) is 2. The molecule has 1 heterocycles. The first-order valence-electron chi connectivity index (χ1n) is 14.9. The molecule has 0 fully saturated rings. The normalized spacial score (nSPS) is 11.8. The molecule has 41 heavy (non-hydrogen) atoms. The summed E-state index contributed by atoms with van der Waals surface area (Å²) in [7, 11) is 0.